The van der Waals surface area contributed by atoms with Crippen molar-refractivity contribution in [1.82, 2.24) is 4.90 Å². The van der Waals surface area contributed by atoms with Crippen LogP contribution in [0.5, 0.6) is 0 Å². The van der Waals surface area contributed by atoms with Gasteiger partial charge >= 0.3 is 0 Å². The molecular formula is C26H31N3O2. The molecule has 0 unspecified atom stereocenters. The fraction of sp³-hybridized carbons (Fsp3) is 0.423. The zero-order chi connectivity index (χ0) is 21.4. The summed E-state index contributed by atoms with van der Waals surface area (Å²) in [7, 11) is 0. The molecular weight excluding hydrogens is 386 g/mol. The van der Waals surface area contributed by atoms with Gasteiger partial charge in [-0.1, -0.05) is 6.92 Å². The number of aryl methyl sites for hydroxylation is 3. The molecule has 1 amide bonds. The van der Waals surface area contributed by atoms with Crippen LogP contribution >= 0.6 is 0 Å². The largest absolute Gasteiger partial charge is 0.464 e. The molecule has 162 valence electrons. The van der Waals surface area contributed by atoms with Crippen LogP contribution in [0.25, 0.3) is 11.0 Å². The van der Waals surface area contributed by atoms with E-state index in [2.05, 4.69) is 53.2 Å². The van der Waals surface area contributed by atoms with E-state index in [4.69, 9.17) is 4.42 Å². The third kappa shape index (κ3) is 4.07. The van der Waals surface area contributed by atoms with Crippen molar-refractivity contribution < 1.29 is 9.21 Å². The van der Waals surface area contributed by atoms with Gasteiger partial charge in [0, 0.05) is 48.5 Å². The molecule has 1 aliphatic carbocycles. The van der Waals surface area contributed by atoms with Crippen molar-refractivity contribution in [2.24, 2.45) is 0 Å². The third-order valence-corrected chi connectivity index (χ3v) is 6.86. The van der Waals surface area contributed by atoms with Gasteiger partial charge in [0.25, 0.3) is 0 Å². The molecule has 0 spiro atoms. The first-order valence-corrected chi connectivity index (χ1v) is 11.5. The minimum Gasteiger partial charge on any atom is -0.464 e. The second kappa shape index (κ2) is 8.39. The predicted octanol–water partition coefficient (Wildman–Crippen LogP) is 4.55. The minimum atomic E-state index is -0.00749. The summed E-state index contributed by atoms with van der Waals surface area (Å²) in [6.45, 7) is 9.78. The van der Waals surface area contributed by atoms with Gasteiger partial charge < -0.3 is 19.5 Å². The Labute approximate surface area is 184 Å². The number of likely N-dealkylation sites (N-methyl/N-ethyl adjacent to an activating group) is 1. The number of furan rings is 1. The number of amides is 1. The Morgan fingerprint density at radius 3 is 2.58 bits per heavy atom. The van der Waals surface area contributed by atoms with Gasteiger partial charge in [0.05, 0.1) is 12.7 Å². The molecule has 3 aromatic rings. The summed E-state index contributed by atoms with van der Waals surface area (Å²) in [5, 5.41) is 4.15. The van der Waals surface area contributed by atoms with E-state index in [0.717, 1.165) is 67.8 Å². The molecule has 5 nitrogen and oxygen atoms in total. The van der Waals surface area contributed by atoms with Crippen LogP contribution in [0, 0.1) is 6.92 Å². The van der Waals surface area contributed by atoms with E-state index >= 15 is 0 Å². The highest BCUT2D eigenvalue weighted by molar-refractivity contribution is 5.95. The summed E-state index contributed by atoms with van der Waals surface area (Å²) in [5.74, 6) is -0.00749. The molecule has 31 heavy (non-hydrogen) atoms. The molecule has 0 saturated carbocycles. The molecule has 5 rings (SSSR count). The van der Waals surface area contributed by atoms with Crippen molar-refractivity contribution in [2.45, 2.75) is 39.5 Å². The molecule has 0 atom stereocenters. The van der Waals surface area contributed by atoms with Gasteiger partial charge in [-0.15, -0.1) is 0 Å². The lowest BCUT2D eigenvalue weighted by molar-refractivity contribution is -0.115. The van der Waals surface area contributed by atoms with Crippen LogP contribution in [0.3, 0.4) is 0 Å². The predicted molar refractivity (Wildman–Crippen MR) is 126 cm³/mol. The monoisotopic (exact) mass is 417 g/mol. The van der Waals surface area contributed by atoms with E-state index in [-0.39, 0.29) is 5.91 Å². The van der Waals surface area contributed by atoms with E-state index in [1.54, 1.807) is 6.26 Å². The number of hydrogen-bond acceptors (Lipinski definition) is 4. The van der Waals surface area contributed by atoms with Crippen molar-refractivity contribution in [3.05, 3.63) is 58.8 Å². The fourth-order valence-corrected chi connectivity index (χ4v) is 5.06. The highest BCUT2D eigenvalue weighted by Crippen LogP contribution is 2.31. The minimum absolute atomic E-state index is 0.00749. The summed E-state index contributed by atoms with van der Waals surface area (Å²) >= 11 is 0. The third-order valence-electron chi connectivity index (χ3n) is 6.86. The molecule has 1 fully saturated rings. The maximum absolute atomic E-state index is 12.8. The Hall–Kier alpha value is -2.79. The summed E-state index contributed by atoms with van der Waals surface area (Å²) in [4.78, 5) is 17.7. The molecule has 0 radical (unpaired) electrons. The first-order valence-electron chi connectivity index (χ1n) is 11.5. The SMILES string of the molecule is CCN1CCN(c2ccc(NC(=O)Cc3coc4cc5c(cc34)CCC5)cc2C)CC1. The summed E-state index contributed by atoms with van der Waals surface area (Å²) in [6, 6.07) is 10.6. The number of benzene rings is 2. The van der Waals surface area contributed by atoms with Crippen LogP contribution < -0.4 is 10.2 Å². The molecule has 5 heteroatoms. The van der Waals surface area contributed by atoms with Crippen LogP contribution in [0.2, 0.25) is 0 Å². The Bertz CT molecular complexity index is 1110. The molecule has 1 aromatic heterocycles. The van der Waals surface area contributed by atoms with Crippen LogP contribution in [0.4, 0.5) is 11.4 Å². The number of carbonyl (C=O) groups is 1. The standard InChI is InChI=1S/C26H31N3O2/c1-3-28-9-11-29(12-10-28)24-8-7-22(13-18(24)2)27-26(30)16-21-17-31-25-15-20-6-4-5-19(20)14-23(21)25/h7-8,13-15,17H,3-6,9-12,16H2,1-2H3,(H,27,30). The molecule has 1 N–H and O–H groups in total. The first-order chi connectivity index (χ1) is 15.1. The number of nitrogens with zero attached hydrogens (tertiary/aromatic N) is 2. The Morgan fingerprint density at radius 2 is 1.84 bits per heavy atom. The molecule has 2 heterocycles. The van der Waals surface area contributed by atoms with Gasteiger partial charge in [-0.3, -0.25) is 4.79 Å². The normalized spacial score (nSPS) is 16.6. The number of carbonyl (C=O) groups excluding carboxylic acids is 1. The summed E-state index contributed by atoms with van der Waals surface area (Å²) in [5.41, 5.74) is 7.98. The number of piperazine rings is 1. The van der Waals surface area contributed by atoms with E-state index < -0.39 is 0 Å². The summed E-state index contributed by atoms with van der Waals surface area (Å²) < 4.78 is 5.75. The van der Waals surface area contributed by atoms with Gasteiger partial charge in [-0.05, 0) is 79.8 Å². The summed E-state index contributed by atoms with van der Waals surface area (Å²) in [6.07, 6.45) is 5.53. The second-order valence-electron chi connectivity index (χ2n) is 8.88. The van der Waals surface area contributed by atoms with E-state index in [9.17, 15) is 4.79 Å². The van der Waals surface area contributed by atoms with Crippen LogP contribution in [-0.2, 0) is 24.1 Å². The van der Waals surface area contributed by atoms with Crippen molar-refractivity contribution in [3.63, 3.8) is 0 Å². The maximum Gasteiger partial charge on any atom is 0.228 e. The molecule has 2 aromatic carbocycles. The van der Waals surface area contributed by atoms with Gasteiger partial charge in [0.1, 0.15) is 5.58 Å². The topological polar surface area (TPSA) is 48.7 Å². The lowest BCUT2D eigenvalue weighted by atomic mass is 10.0. The number of anilines is 2. The molecule has 1 saturated heterocycles. The number of nitrogens with one attached hydrogen (secondary N) is 1. The van der Waals surface area contributed by atoms with E-state index in [1.165, 1.54) is 28.8 Å². The average Bonchev–Trinajstić information content (AvgIpc) is 3.39. The quantitative estimate of drug-likeness (QED) is 0.662. The lowest BCUT2D eigenvalue weighted by Crippen LogP contribution is -2.46. The first kappa shape index (κ1) is 20.1. The van der Waals surface area contributed by atoms with Gasteiger partial charge in [-0.2, -0.15) is 0 Å². The average molecular weight is 418 g/mol. The zero-order valence-corrected chi connectivity index (χ0v) is 18.5. The van der Waals surface area contributed by atoms with Crippen molar-refractivity contribution in [3.8, 4) is 0 Å². The van der Waals surface area contributed by atoms with Gasteiger partial charge in [-0.25, -0.2) is 0 Å². The molecule has 2 aliphatic rings. The number of hydrogen-bond donors (Lipinski definition) is 1. The van der Waals surface area contributed by atoms with Gasteiger partial charge in [0.2, 0.25) is 5.91 Å². The fourth-order valence-electron chi connectivity index (χ4n) is 5.06. The van der Waals surface area contributed by atoms with Crippen molar-refractivity contribution in [2.75, 3.05) is 42.9 Å². The van der Waals surface area contributed by atoms with Crippen molar-refractivity contribution in [1.29, 1.82) is 0 Å². The number of fused-ring (bicyclic) bond motifs is 2. The van der Waals surface area contributed by atoms with Crippen LogP contribution in [-0.4, -0.2) is 43.5 Å². The maximum atomic E-state index is 12.8. The highest BCUT2D eigenvalue weighted by Gasteiger charge is 2.19. The Balaban J connectivity index is 1.26. The molecule has 0 bridgehead atoms. The zero-order valence-electron chi connectivity index (χ0n) is 18.5. The lowest BCUT2D eigenvalue weighted by Gasteiger charge is -2.36. The second-order valence-corrected chi connectivity index (χ2v) is 8.88. The van der Waals surface area contributed by atoms with E-state index in [0.29, 0.717) is 6.42 Å². The molecule has 1 aliphatic heterocycles. The van der Waals surface area contributed by atoms with Crippen molar-refractivity contribution >= 4 is 28.3 Å². The van der Waals surface area contributed by atoms with Crippen LogP contribution in [0.15, 0.2) is 41.0 Å². The Morgan fingerprint density at radius 1 is 1.06 bits per heavy atom. The number of rotatable bonds is 5. The smallest absolute Gasteiger partial charge is 0.228 e. The van der Waals surface area contributed by atoms with Crippen LogP contribution in [0.1, 0.15) is 35.6 Å². The van der Waals surface area contributed by atoms with Gasteiger partial charge in [0.15, 0.2) is 0 Å². The Kier molecular flexibility index (Phi) is 5.45. The highest BCUT2D eigenvalue weighted by atomic mass is 16.3. The van der Waals surface area contributed by atoms with E-state index in [1.807, 2.05) is 6.07 Å².